The Labute approximate surface area is 106 Å². The van der Waals surface area contributed by atoms with E-state index in [1.807, 2.05) is 29.8 Å². The molecule has 0 atom stereocenters. The summed E-state index contributed by atoms with van der Waals surface area (Å²) < 4.78 is 1.92. The third-order valence-electron chi connectivity index (χ3n) is 3.75. The Morgan fingerprint density at radius 3 is 2.83 bits per heavy atom. The van der Waals surface area contributed by atoms with E-state index in [2.05, 4.69) is 22.4 Å². The standard InChI is InChI=1S/C13H17N5/c1-8-6-10(7-8)18-13(15-16-17-18)11-5-3-4-9(2)12(11)14/h3-5,8,10H,6-7,14H2,1-2H3. The summed E-state index contributed by atoms with van der Waals surface area (Å²) in [5, 5.41) is 12.1. The summed E-state index contributed by atoms with van der Waals surface area (Å²) in [6.07, 6.45) is 2.29. The van der Waals surface area contributed by atoms with Gasteiger partial charge < -0.3 is 5.73 Å². The van der Waals surface area contributed by atoms with Crippen molar-refractivity contribution in [2.24, 2.45) is 5.92 Å². The quantitative estimate of drug-likeness (QED) is 0.821. The molecule has 1 aromatic carbocycles. The van der Waals surface area contributed by atoms with Gasteiger partial charge in [0.05, 0.1) is 6.04 Å². The summed E-state index contributed by atoms with van der Waals surface area (Å²) in [5.41, 5.74) is 8.87. The highest BCUT2D eigenvalue weighted by atomic mass is 15.6. The lowest BCUT2D eigenvalue weighted by Gasteiger charge is -2.32. The van der Waals surface area contributed by atoms with E-state index < -0.39 is 0 Å². The highest BCUT2D eigenvalue weighted by Crippen LogP contribution is 2.39. The lowest BCUT2D eigenvalue weighted by Crippen LogP contribution is -2.26. The summed E-state index contributed by atoms with van der Waals surface area (Å²) in [6, 6.07) is 6.39. The second kappa shape index (κ2) is 4.08. The molecule has 1 saturated carbocycles. The number of hydrogen-bond donors (Lipinski definition) is 1. The van der Waals surface area contributed by atoms with Crippen LogP contribution in [-0.4, -0.2) is 20.2 Å². The second-order valence-corrected chi connectivity index (χ2v) is 5.21. The zero-order valence-corrected chi connectivity index (χ0v) is 10.7. The first-order valence-electron chi connectivity index (χ1n) is 6.30. The monoisotopic (exact) mass is 243 g/mol. The van der Waals surface area contributed by atoms with Crippen molar-refractivity contribution in [2.45, 2.75) is 32.7 Å². The van der Waals surface area contributed by atoms with Crippen LogP contribution >= 0.6 is 0 Å². The minimum Gasteiger partial charge on any atom is -0.398 e. The number of aromatic nitrogens is 4. The van der Waals surface area contributed by atoms with Gasteiger partial charge in [-0.3, -0.25) is 0 Å². The Kier molecular flexibility index (Phi) is 2.54. The van der Waals surface area contributed by atoms with Gasteiger partial charge >= 0.3 is 0 Å². The van der Waals surface area contributed by atoms with Crippen LogP contribution in [0.15, 0.2) is 18.2 Å². The highest BCUT2D eigenvalue weighted by molar-refractivity contribution is 5.74. The van der Waals surface area contributed by atoms with Crippen LogP contribution in [-0.2, 0) is 0 Å². The fourth-order valence-corrected chi connectivity index (χ4v) is 2.55. The van der Waals surface area contributed by atoms with E-state index in [-0.39, 0.29) is 0 Å². The number of nitrogens with zero attached hydrogens (tertiary/aromatic N) is 4. The smallest absolute Gasteiger partial charge is 0.184 e. The van der Waals surface area contributed by atoms with Crippen LogP contribution in [0.1, 0.15) is 31.4 Å². The zero-order valence-electron chi connectivity index (χ0n) is 10.7. The van der Waals surface area contributed by atoms with E-state index in [4.69, 9.17) is 5.73 Å². The highest BCUT2D eigenvalue weighted by Gasteiger charge is 2.30. The van der Waals surface area contributed by atoms with Crippen molar-refractivity contribution >= 4 is 5.69 Å². The molecule has 1 aliphatic carbocycles. The molecule has 5 heteroatoms. The third-order valence-corrected chi connectivity index (χ3v) is 3.75. The fraction of sp³-hybridized carbons (Fsp3) is 0.462. The van der Waals surface area contributed by atoms with Crippen molar-refractivity contribution in [3.8, 4) is 11.4 Å². The van der Waals surface area contributed by atoms with Gasteiger partial charge in [-0.2, -0.15) is 0 Å². The van der Waals surface area contributed by atoms with Gasteiger partial charge in [0.15, 0.2) is 5.82 Å². The SMILES string of the molecule is Cc1cccc(-c2nnnn2C2CC(C)C2)c1N. The molecule has 2 N–H and O–H groups in total. The minimum absolute atomic E-state index is 0.421. The van der Waals surface area contributed by atoms with E-state index in [1.165, 1.54) is 0 Å². The number of benzene rings is 1. The van der Waals surface area contributed by atoms with Crippen LogP contribution in [0.25, 0.3) is 11.4 Å². The van der Waals surface area contributed by atoms with Gasteiger partial charge in [-0.05, 0) is 47.7 Å². The van der Waals surface area contributed by atoms with Crippen LogP contribution in [0.2, 0.25) is 0 Å². The third kappa shape index (κ3) is 1.66. The largest absolute Gasteiger partial charge is 0.398 e. The molecule has 5 nitrogen and oxygen atoms in total. The van der Waals surface area contributed by atoms with Gasteiger partial charge in [0, 0.05) is 11.3 Å². The first kappa shape index (κ1) is 11.2. The normalized spacial score (nSPS) is 22.8. The van der Waals surface area contributed by atoms with E-state index in [1.54, 1.807) is 0 Å². The Hall–Kier alpha value is -1.91. The Morgan fingerprint density at radius 2 is 2.11 bits per heavy atom. The summed E-state index contributed by atoms with van der Waals surface area (Å²) in [7, 11) is 0. The number of aryl methyl sites for hydroxylation is 1. The number of nitrogen functional groups attached to an aromatic ring is 1. The molecule has 0 saturated heterocycles. The molecule has 3 rings (SSSR count). The van der Waals surface area contributed by atoms with Crippen molar-refractivity contribution in [1.82, 2.24) is 20.2 Å². The first-order chi connectivity index (χ1) is 8.66. The molecule has 0 amide bonds. The molecule has 0 bridgehead atoms. The molecule has 0 aliphatic heterocycles. The molecule has 1 heterocycles. The number of rotatable bonds is 2. The molecule has 94 valence electrons. The Morgan fingerprint density at radius 1 is 1.33 bits per heavy atom. The lowest BCUT2D eigenvalue weighted by molar-refractivity contribution is 0.199. The van der Waals surface area contributed by atoms with Gasteiger partial charge in [0.25, 0.3) is 0 Å². The maximum atomic E-state index is 6.12. The molecule has 1 fully saturated rings. The molecule has 0 spiro atoms. The summed E-state index contributed by atoms with van der Waals surface area (Å²) in [5.74, 6) is 1.55. The maximum Gasteiger partial charge on any atom is 0.184 e. The van der Waals surface area contributed by atoms with Gasteiger partial charge in [0.1, 0.15) is 0 Å². The van der Waals surface area contributed by atoms with Crippen LogP contribution < -0.4 is 5.73 Å². The topological polar surface area (TPSA) is 69.6 Å². The minimum atomic E-state index is 0.421. The average Bonchev–Trinajstić information content (AvgIpc) is 2.77. The molecule has 18 heavy (non-hydrogen) atoms. The number of anilines is 1. The second-order valence-electron chi connectivity index (χ2n) is 5.21. The number of nitrogens with two attached hydrogens (primary N) is 1. The van der Waals surface area contributed by atoms with E-state index in [0.29, 0.717) is 6.04 Å². The molecule has 1 aromatic heterocycles. The predicted octanol–water partition coefficient (Wildman–Crippen LogP) is 2.20. The average molecular weight is 243 g/mol. The van der Waals surface area contributed by atoms with E-state index in [9.17, 15) is 0 Å². The maximum absolute atomic E-state index is 6.12. The molecular formula is C13H17N5. The Bertz CT molecular complexity index is 569. The molecule has 1 aliphatic rings. The van der Waals surface area contributed by atoms with Gasteiger partial charge in [-0.15, -0.1) is 5.10 Å². The molecule has 2 aromatic rings. The lowest BCUT2D eigenvalue weighted by atomic mass is 9.82. The number of hydrogen-bond acceptors (Lipinski definition) is 4. The van der Waals surface area contributed by atoms with Crippen molar-refractivity contribution < 1.29 is 0 Å². The summed E-state index contributed by atoms with van der Waals surface area (Å²) in [4.78, 5) is 0. The number of para-hydroxylation sites is 1. The van der Waals surface area contributed by atoms with Crippen LogP contribution in [0.4, 0.5) is 5.69 Å². The zero-order chi connectivity index (χ0) is 12.7. The first-order valence-corrected chi connectivity index (χ1v) is 6.30. The Balaban J connectivity index is 2.02. The van der Waals surface area contributed by atoms with Crippen molar-refractivity contribution in [3.63, 3.8) is 0 Å². The van der Waals surface area contributed by atoms with E-state index >= 15 is 0 Å². The van der Waals surface area contributed by atoms with Crippen molar-refractivity contribution in [3.05, 3.63) is 23.8 Å². The van der Waals surface area contributed by atoms with E-state index in [0.717, 1.165) is 41.4 Å². The molecular weight excluding hydrogens is 226 g/mol. The van der Waals surface area contributed by atoms with Crippen molar-refractivity contribution in [1.29, 1.82) is 0 Å². The van der Waals surface area contributed by atoms with Gasteiger partial charge in [0.2, 0.25) is 0 Å². The number of tetrazole rings is 1. The fourth-order valence-electron chi connectivity index (χ4n) is 2.55. The van der Waals surface area contributed by atoms with Crippen LogP contribution in [0.5, 0.6) is 0 Å². The predicted molar refractivity (Wildman–Crippen MR) is 69.8 cm³/mol. The molecule has 0 unspecified atom stereocenters. The van der Waals surface area contributed by atoms with Crippen molar-refractivity contribution in [2.75, 3.05) is 5.73 Å². The molecule has 0 radical (unpaired) electrons. The van der Waals surface area contributed by atoms with Gasteiger partial charge in [-0.25, -0.2) is 4.68 Å². The van der Waals surface area contributed by atoms with Crippen LogP contribution in [0, 0.1) is 12.8 Å². The summed E-state index contributed by atoms with van der Waals surface area (Å²) in [6.45, 7) is 4.25. The van der Waals surface area contributed by atoms with Gasteiger partial charge in [-0.1, -0.05) is 19.1 Å². The van der Waals surface area contributed by atoms with Crippen LogP contribution in [0.3, 0.4) is 0 Å². The summed E-state index contributed by atoms with van der Waals surface area (Å²) >= 11 is 0.